The first-order valence-corrected chi connectivity index (χ1v) is 13.6. The normalized spacial score (nSPS) is 14.0. The number of carboxylic acids is 1. The van der Waals surface area contributed by atoms with E-state index in [4.69, 9.17) is 19.9 Å². The number of carbonyl (C=O) groups is 2. The summed E-state index contributed by atoms with van der Waals surface area (Å²) in [6, 6.07) is 25.6. The SMILES string of the molecule is COc1cccc(N2Cc3ccccc3C[C@@H]2C(=O)NCCc2cncn2Cc2ccc(C#N)cc2)c1.O=C(O)C(F)(F)F. The summed E-state index contributed by atoms with van der Waals surface area (Å²) >= 11 is 0. The zero-order valence-corrected chi connectivity index (χ0v) is 23.8. The van der Waals surface area contributed by atoms with E-state index in [2.05, 4.69) is 38.0 Å². The van der Waals surface area contributed by atoms with Crippen LogP contribution in [0.4, 0.5) is 18.9 Å². The number of imidazole rings is 1. The fraction of sp³-hybridized carbons (Fsp3) is 0.250. The molecule has 44 heavy (non-hydrogen) atoms. The molecule has 1 amide bonds. The maximum absolute atomic E-state index is 13.5. The molecule has 0 saturated carbocycles. The Balaban J connectivity index is 0.000000566. The molecule has 5 rings (SSSR count). The minimum atomic E-state index is -5.08. The van der Waals surface area contributed by atoms with Gasteiger partial charge < -0.3 is 24.6 Å². The van der Waals surface area contributed by atoms with Crippen LogP contribution in [0.25, 0.3) is 0 Å². The van der Waals surface area contributed by atoms with Gasteiger partial charge in [0.15, 0.2) is 0 Å². The fourth-order valence-electron chi connectivity index (χ4n) is 4.83. The average molecular weight is 606 g/mol. The number of nitrogens with zero attached hydrogens (tertiary/aromatic N) is 4. The minimum Gasteiger partial charge on any atom is -0.497 e. The molecular formula is C32H30F3N5O4. The van der Waals surface area contributed by atoms with Crippen molar-refractivity contribution in [1.29, 1.82) is 5.26 Å². The number of alkyl halides is 3. The number of amides is 1. The highest BCUT2D eigenvalue weighted by atomic mass is 19.4. The standard InChI is InChI=1S/C30H29N5O2.C2HF3O2/c1-37-28-8-4-7-26(16-28)35-20-25-6-3-2-5-24(25)15-29(35)30(36)33-14-13-27-18-32-21-34(27)19-23-11-9-22(17-31)10-12-23;3-2(4,5)1(6)7/h2-12,16,18,21,29H,13-15,19-20H2,1H3,(H,33,36);(H,6,7)/t29-;/m1./s1. The van der Waals surface area contributed by atoms with Crippen molar-refractivity contribution in [3.8, 4) is 11.8 Å². The summed E-state index contributed by atoms with van der Waals surface area (Å²) in [5, 5.41) is 19.3. The van der Waals surface area contributed by atoms with E-state index in [-0.39, 0.29) is 11.9 Å². The highest BCUT2D eigenvalue weighted by Crippen LogP contribution is 2.30. The lowest BCUT2D eigenvalue weighted by Crippen LogP contribution is -2.50. The van der Waals surface area contributed by atoms with Gasteiger partial charge >= 0.3 is 12.1 Å². The Kier molecular flexibility index (Phi) is 10.2. The van der Waals surface area contributed by atoms with Crippen molar-refractivity contribution in [3.63, 3.8) is 0 Å². The summed E-state index contributed by atoms with van der Waals surface area (Å²) in [4.78, 5) is 28.8. The summed E-state index contributed by atoms with van der Waals surface area (Å²) in [5.74, 6) is -1.98. The molecule has 1 atom stereocenters. The predicted molar refractivity (Wildman–Crippen MR) is 156 cm³/mol. The molecule has 0 saturated heterocycles. The molecule has 0 aliphatic carbocycles. The smallest absolute Gasteiger partial charge is 0.490 e. The Labute approximate surface area is 252 Å². The molecule has 0 bridgehead atoms. The van der Waals surface area contributed by atoms with Crippen molar-refractivity contribution in [2.45, 2.75) is 38.1 Å². The van der Waals surface area contributed by atoms with Gasteiger partial charge in [-0.25, -0.2) is 9.78 Å². The molecule has 4 aromatic rings. The van der Waals surface area contributed by atoms with Crippen LogP contribution in [0, 0.1) is 11.3 Å². The number of aliphatic carboxylic acids is 1. The lowest BCUT2D eigenvalue weighted by atomic mass is 9.93. The highest BCUT2D eigenvalue weighted by Gasteiger charge is 2.38. The van der Waals surface area contributed by atoms with Crippen molar-refractivity contribution < 1.29 is 32.6 Å². The molecule has 3 aromatic carbocycles. The Hall–Kier alpha value is -5.31. The number of fused-ring (bicyclic) bond motifs is 1. The minimum absolute atomic E-state index is 0.00970. The number of carbonyl (C=O) groups excluding carboxylic acids is 1. The van der Waals surface area contributed by atoms with E-state index in [1.54, 1.807) is 13.4 Å². The molecule has 0 unspecified atom stereocenters. The van der Waals surface area contributed by atoms with Crippen LogP contribution in [-0.4, -0.2) is 52.4 Å². The van der Waals surface area contributed by atoms with Crippen LogP contribution in [0.5, 0.6) is 5.75 Å². The number of benzene rings is 3. The van der Waals surface area contributed by atoms with E-state index in [0.717, 1.165) is 22.7 Å². The molecule has 2 N–H and O–H groups in total. The van der Waals surface area contributed by atoms with Gasteiger partial charge in [-0.05, 0) is 41.0 Å². The van der Waals surface area contributed by atoms with Gasteiger partial charge in [-0.15, -0.1) is 0 Å². The third-order valence-electron chi connectivity index (χ3n) is 7.09. The van der Waals surface area contributed by atoms with Crippen LogP contribution in [0.15, 0.2) is 85.3 Å². The first-order valence-electron chi connectivity index (χ1n) is 13.6. The summed E-state index contributed by atoms with van der Waals surface area (Å²) in [6.07, 6.45) is -0.118. The summed E-state index contributed by atoms with van der Waals surface area (Å²) < 4.78 is 39.2. The number of halogens is 3. The van der Waals surface area contributed by atoms with Crippen LogP contribution in [0.2, 0.25) is 0 Å². The predicted octanol–water partition coefficient (Wildman–Crippen LogP) is 4.74. The highest BCUT2D eigenvalue weighted by molar-refractivity contribution is 5.86. The van der Waals surface area contributed by atoms with Gasteiger partial charge in [-0.2, -0.15) is 18.4 Å². The van der Waals surface area contributed by atoms with Crippen molar-refractivity contribution >= 4 is 17.6 Å². The van der Waals surface area contributed by atoms with E-state index in [1.807, 2.05) is 66.9 Å². The number of nitrogens with one attached hydrogen (secondary N) is 1. The molecule has 2 heterocycles. The van der Waals surface area contributed by atoms with E-state index in [9.17, 15) is 18.0 Å². The maximum Gasteiger partial charge on any atom is 0.490 e. The summed E-state index contributed by atoms with van der Waals surface area (Å²) in [5.41, 5.74) is 6.20. The third-order valence-corrected chi connectivity index (χ3v) is 7.09. The Morgan fingerprint density at radius 1 is 1.09 bits per heavy atom. The van der Waals surface area contributed by atoms with Gasteiger partial charge in [0.2, 0.25) is 5.91 Å². The molecular weight excluding hydrogens is 575 g/mol. The first kappa shape index (κ1) is 31.6. The van der Waals surface area contributed by atoms with E-state index < -0.39 is 12.1 Å². The number of anilines is 1. The fourth-order valence-corrected chi connectivity index (χ4v) is 4.83. The Bertz CT molecular complexity index is 1630. The van der Waals surface area contributed by atoms with Crippen LogP contribution >= 0.6 is 0 Å². The van der Waals surface area contributed by atoms with Crippen molar-refractivity contribution in [1.82, 2.24) is 14.9 Å². The third kappa shape index (κ3) is 8.16. The van der Waals surface area contributed by atoms with Crippen LogP contribution < -0.4 is 15.0 Å². The van der Waals surface area contributed by atoms with Crippen LogP contribution in [0.1, 0.15) is 27.9 Å². The molecule has 9 nitrogen and oxygen atoms in total. The largest absolute Gasteiger partial charge is 0.497 e. The molecule has 12 heteroatoms. The molecule has 1 aliphatic rings. The molecule has 228 valence electrons. The second kappa shape index (κ2) is 14.2. The summed E-state index contributed by atoms with van der Waals surface area (Å²) in [6.45, 7) is 1.85. The molecule has 0 spiro atoms. The lowest BCUT2D eigenvalue weighted by Gasteiger charge is -2.37. The number of hydrogen-bond acceptors (Lipinski definition) is 6. The van der Waals surface area contributed by atoms with Gasteiger partial charge in [0.25, 0.3) is 0 Å². The Morgan fingerprint density at radius 2 is 1.80 bits per heavy atom. The summed E-state index contributed by atoms with van der Waals surface area (Å²) in [7, 11) is 1.65. The van der Waals surface area contributed by atoms with Gasteiger partial charge in [-0.3, -0.25) is 4.79 Å². The molecule has 1 aromatic heterocycles. The number of carboxylic acid groups (broad SMARTS) is 1. The number of aromatic nitrogens is 2. The van der Waals surface area contributed by atoms with Gasteiger partial charge in [0.1, 0.15) is 11.8 Å². The quantitative estimate of drug-likeness (QED) is 0.298. The van der Waals surface area contributed by atoms with Crippen LogP contribution in [0.3, 0.4) is 0 Å². The van der Waals surface area contributed by atoms with E-state index >= 15 is 0 Å². The van der Waals surface area contributed by atoms with Gasteiger partial charge in [0, 0.05) is 56.1 Å². The van der Waals surface area contributed by atoms with Crippen molar-refractivity contribution in [3.05, 3.63) is 113 Å². The van der Waals surface area contributed by atoms with Crippen molar-refractivity contribution in [2.75, 3.05) is 18.6 Å². The lowest BCUT2D eigenvalue weighted by molar-refractivity contribution is -0.192. The zero-order chi connectivity index (χ0) is 31.7. The van der Waals surface area contributed by atoms with Crippen molar-refractivity contribution in [2.24, 2.45) is 0 Å². The topological polar surface area (TPSA) is 120 Å². The number of methoxy groups -OCH3 is 1. The van der Waals surface area contributed by atoms with Gasteiger partial charge in [0.05, 0.1) is 25.1 Å². The monoisotopic (exact) mass is 605 g/mol. The molecule has 0 fully saturated rings. The number of nitriles is 1. The van der Waals surface area contributed by atoms with Gasteiger partial charge in [-0.1, -0.05) is 42.5 Å². The number of rotatable bonds is 8. The van der Waals surface area contributed by atoms with E-state index in [1.165, 1.54) is 11.1 Å². The maximum atomic E-state index is 13.5. The average Bonchev–Trinajstić information content (AvgIpc) is 3.47. The zero-order valence-electron chi connectivity index (χ0n) is 23.8. The Morgan fingerprint density at radius 3 is 2.45 bits per heavy atom. The second-order valence-corrected chi connectivity index (χ2v) is 9.98. The van der Waals surface area contributed by atoms with Crippen LogP contribution in [-0.2, 0) is 35.5 Å². The second-order valence-electron chi connectivity index (χ2n) is 9.98. The molecule has 0 radical (unpaired) electrons. The number of ether oxygens (including phenoxy) is 1. The van der Waals surface area contributed by atoms with E-state index in [0.29, 0.717) is 38.0 Å². The number of hydrogen-bond donors (Lipinski definition) is 2. The first-order chi connectivity index (χ1) is 21.1. The molecule has 1 aliphatic heterocycles.